The number of carbonyl (C=O) groups is 1. The van der Waals surface area contributed by atoms with Crippen molar-refractivity contribution in [2.45, 2.75) is 51.2 Å². The number of piperidine rings is 1. The fourth-order valence-electron chi connectivity index (χ4n) is 2.59. The standard InChI is InChI=1S/C14H28N2O3/c1-4-19-12-7-5-9-16(11-12)10-6-8-14(2,15)13(17)18-3/h12H,4-11,15H2,1-3H3. The van der Waals surface area contributed by atoms with Gasteiger partial charge in [0.25, 0.3) is 0 Å². The van der Waals surface area contributed by atoms with E-state index in [2.05, 4.69) is 4.90 Å². The first-order valence-corrected chi connectivity index (χ1v) is 7.21. The second kappa shape index (κ2) is 7.82. The number of methoxy groups -OCH3 is 1. The highest BCUT2D eigenvalue weighted by Crippen LogP contribution is 2.16. The van der Waals surface area contributed by atoms with Crippen molar-refractivity contribution in [1.29, 1.82) is 0 Å². The van der Waals surface area contributed by atoms with Gasteiger partial charge in [-0.3, -0.25) is 4.79 Å². The lowest BCUT2D eigenvalue weighted by molar-refractivity contribution is -0.146. The largest absolute Gasteiger partial charge is 0.468 e. The van der Waals surface area contributed by atoms with E-state index in [9.17, 15) is 4.79 Å². The molecule has 2 N–H and O–H groups in total. The zero-order valence-electron chi connectivity index (χ0n) is 12.5. The molecule has 0 radical (unpaired) electrons. The van der Waals surface area contributed by atoms with Crippen LogP contribution in [0.3, 0.4) is 0 Å². The number of rotatable bonds is 7. The van der Waals surface area contributed by atoms with Gasteiger partial charge in [0.2, 0.25) is 0 Å². The highest BCUT2D eigenvalue weighted by molar-refractivity contribution is 5.79. The first kappa shape index (κ1) is 16.4. The molecule has 0 bridgehead atoms. The molecule has 19 heavy (non-hydrogen) atoms. The van der Waals surface area contributed by atoms with Crippen molar-refractivity contribution in [2.75, 3.05) is 33.4 Å². The lowest BCUT2D eigenvalue weighted by Gasteiger charge is -2.33. The summed E-state index contributed by atoms with van der Waals surface area (Å²) in [5, 5.41) is 0. The van der Waals surface area contributed by atoms with Crippen molar-refractivity contribution in [3.8, 4) is 0 Å². The molecule has 0 aromatic carbocycles. The highest BCUT2D eigenvalue weighted by atomic mass is 16.5. The van der Waals surface area contributed by atoms with Crippen molar-refractivity contribution < 1.29 is 14.3 Å². The van der Waals surface area contributed by atoms with Gasteiger partial charge in [0.15, 0.2) is 0 Å². The second-order valence-electron chi connectivity index (χ2n) is 5.53. The summed E-state index contributed by atoms with van der Waals surface area (Å²) in [6, 6.07) is 0. The normalized spacial score (nSPS) is 23.9. The molecule has 0 aromatic rings. The molecule has 1 aliphatic heterocycles. The molecule has 0 amide bonds. The average Bonchev–Trinajstić information content (AvgIpc) is 2.38. The summed E-state index contributed by atoms with van der Waals surface area (Å²) >= 11 is 0. The van der Waals surface area contributed by atoms with Crippen molar-refractivity contribution >= 4 is 5.97 Å². The first-order chi connectivity index (χ1) is 8.99. The fraction of sp³-hybridized carbons (Fsp3) is 0.929. The van der Waals surface area contributed by atoms with Crippen LogP contribution in [0.5, 0.6) is 0 Å². The maximum atomic E-state index is 11.5. The summed E-state index contributed by atoms with van der Waals surface area (Å²) in [6.07, 6.45) is 4.25. The van der Waals surface area contributed by atoms with Crippen molar-refractivity contribution in [3.05, 3.63) is 0 Å². The SMILES string of the molecule is CCOC1CCCN(CCCC(C)(N)C(=O)OC)C1. The van der Waals surface area contributed by atoms with Gasteiger partial charge in [-0.2, -0.15) is 0 Å². The molecule has 112 valence electrons. The van der Waals surface area contributed by atoms with E-state index < -0.39 is 5.54 Å². The van der Waals surface area contributed by atoms with E-state index >= 15 is 0 Å². The van der Waals surface area contributed by atoms with Crippen LogP contribution >= 0.6 is 0 Å². The second-order valence-corrected chi connectivity index (χ2v) is 5.53. The number of esters is 1. The summed E-state index contributed by atoms with van der Waals surface area (Å²) in [5.74, 6) is -0.335. The zero-order chi connectivity index (χ0) is 14.3. The van der Waals surface area contributed by atoms with Gasteiger partial charge in [0, 0.05) is 13.2 Å². The third-order valence-electron chi connectivity index (χ3n) is 3.69. The Morgan fingerprint density at radius 2 is 2.26 bits per heavy atom. The monoisotopic (exact) mass is 272 g/mol. The molecule has 1 aliphatic rings. The van der Waals surface area contributed by atoms with Crippen LogP contribution in [0, 0.1) is 0 Å². The third kappa shape index (κ3) is 5.47. The van der Waals surface area contributed by atoms with Crippen LogP contribution < -0.4 is 5.73 Å². The molecule has 0 spiro atoms. The van der Waals surface area contributed by atoms with Crippen molar-refractivity contribution in [3.63, 3.8) is 0 Å². The zero-order valence-corrected chi connectivity index (χ0v) is 12.5. The Bertz CT molecular complexity index is 280. The van der Waals surface area contributed by atoms with E-state index in [1.165, 1.54) is 13.5 Å². The predicted molar refractivity (Wildman–Crippen MR) is 74.9 cm³/mol. The number of nitrogens with two attached hydrogens (primary N) is 1. The maximum Gasteiger partial charge on any atom is 0.325 e. The number of carbonyl (C=O) groups excluding carboxylic acids is 1. The van der Waals surface area contributed by atoms with Crippen LogP contribution in [0.15, 0.2) is 0 Å². The van der Waals surface area contributed by atoms with Gasteiger partial charge in [-0.15, -0.1) is 0 Å². The van der Waals surface area contributed by atoms with Crippen LogP contribution in [0.25, 0.3) is 0 Å². The smallest absolute Gasteiger partial charge is 0.325 e. The minimum atomic E-state index is -0.871. The molecule has 2 unspecified atom stereocenters. The molecule has 1 rings (SSSR count). The molecule has 2 atom stereocenters. The lowest BCUT2D eigenvalue weighted by Crippen LogP contribution is -2.46. The Labute approximate surface area is 116 Å². The van der Waals surface area contributed by atoms with Gasteiger partial charge in [-0.1, -0.05) is 0 Å². The number of nitrogens with zero attached hydrogens (tertiary/aromatic N) is 1. The number of likely N-dealkylation sites (tertiary alicyclic amines) is 1. The molecule has 5 heteroatoms. The summed E-state index contributed by atoms with van der Waals surface area (Å²) in [7, 11) is 1.38. The molecule has 1 fully saturated rings. The van der Waals surface area contributed by atoms with Crippen molar-refractivity contribution in [1.82, 2.24) is 4.90 Å². The van der Waals surface area contributed by atoms with E-state index in [0.717, 1.165) is 39.1 Å². The van der Waals surface area contributed by atoms with Crippen LogP contribution in [0.4, 0.5) is 0 Å². The summed E-state index contributed by atoms with van der Waals surface area (Å²) < 4.78 is 10.4. The van der Waals surface area contributed by atoms with Gasteiger partial charge in [0.1, 0.15) is 5.54 Å². The first-order valence-electron chi connectivity index (χ1n) is 7.21. The van der Waals surface area contributed by atoms with E-state index in [0.29, 0.717) is 12.5 Å². The predicted octanol–water partition coefficient (Wildman–Crippen LogP) is 1.16. The third-order valence-corrected chi connectivity index (χ3v) is 3.69. The molecule has 0 saturated carbocycles. The highest BCUT2D eigenvalue weighted by Gasteiger charge is 2.29. The molecular formula is C14H28N2O3. The molecule has 1 heterocycles. The summed E-state index contributed by atoms with van der Waals surface area (Å²) in [6.45, 7) is 7.62. The summed E-state index contributed by atoms with van der Waals surface area (Å²) in [5.41, 5.74) is 5.07. The number of hydrogen-bond donors (Lipinski definition) is 1. The molecule has 1 saturated heterocycles. The lowest BCUT2D eigenvalue weighted by atomic mass is 9.97. The number of ether oxygens (including phenoxy) is 2. The fourth-order valence-corrected chi connectivity index (χ4v) is 2.59. The Balaban J connectivity index is 2.27. The Morgan fingerprint density at radius 3 is 2.89 bits per heavy atom. The van der Waals surface area contributed by atoms with Crippen LogP contribution in [-0.2, 0) is 14.3 Å². The Morgan fingerprint density at radius 1 is 1.53 bits per heavy atom. The van der Waals surface area contributed by atoms with Gasteiger partial charge in [-0.25, -0.2) is 0 Å². The van der Waals surface area contributed by atoms with Gasteiger partial charge in [-0.05, 0) is 52.6 Å². The topological polar surface area (TPSA) is 64.8 Å². The van der Waals surface area contributed by atoms with E-state index in [4.69, 9.17) is 15.2 Å². The van der Waals surface area contributed by atoms with Crippen LogP contribution in [-0.4, -0.2) is 55.9 Å². The number of hydrogen-bond acceptors (Lipinski definition) is 5. The van der Waals surface area contributed by atoms with Gasteiger partial charge < -0.3 is 20.1 Å². The Kier molecular flexibility index (Phi) is 6.75. The van der Waals surface area contributed by atoms with Gasteiger partial charge in [0.05, 0.1) is 13.2 Å². The van der Waals surface area contributed by atoms with Gasteiger partial charge >= 0.3 is 5.97 Å². The Hall–Kier alpha value is -0.650. The van der Waals surface area contributed by atoms with Crippen LogP contribution in [0.1, 0.15) is 39.5 Å². The summed E-state index contributed by atoms with van der Waals surface area (Å²) in [4.78, 5) is 13.9. The van der Waals surface area contributed by atoms with E-state index in [1.807, 2.05) is 6.92 Å². The maximum absolute atomic E-state index is 11.5. The average molecular weight is 272 g/mol. The van der Waals surface area contributed by atoms with E-state index in [-0.39, 0.29) is 5.97 Å². The minimum absolute atomic E-state index is 0.335. The molecular weight excluding hydrogens is 244 g/mol. The molecule has 0 aliphatic carbocycles. The van der Waals surface area contributed by atoms with Crippen LogP contribution in [0.2, 0.25) is 0 Å². The van der Waals surface area contributed by atoms with E-state index in [1.54, 1.807) is 6.92 Å². The quantitative estimate of drug-likeness (QED) is 0.705. The molecule has 5 nitrogen and oxygen atoms in total. The molecule has 0 aromatic heterocycles. The van der Waals surface area contributed by atoms with Crippen molar-refractivity contribution in [2.24, 2.45) is 5.73 Å². The minimum Gasteiger partial charge on any atom is -0.468 e.